The van der Waals surface area contributed by atoms with Crippen LogP contribution < -0.4 is 18.9 Å². The molecule has 9 heterocycles. The summed E-state index contributed by atoms with van der Waals surface area (Å²) in [5.74, 6) is -7.14. The normalized spacial score (nSPS) is 16.1. The number of ether oxygens (including phenoxy) is 4. The van der Waals surface area contributed by atoms with Crippen LogP contribution in [0.1, 0.15) is 172 Å². The van der Waals surface area contributed by atoms with E-state index < -0.39 is 79.5 Å². The third kappa shape index (κ3) is 14.4. The van der Waals surface area contributed by atoms with Crippen LogP contribution in [0.3, 0.4) is 0 Å². The number of halogens is 10. The lowest BCUT2D eigenvalue weighted by molar-refractivity contribution is -0.111. The van der Waals surface area contributed by atoms with Crippen molar-refractivity contribution in [3.8, 4) is 23.0 Å². The first-order chi connectivity index (χ1) is 54.0. The maximum atomic E-state index is 12.8. The molecule has 24 nitrogen and oxygen atoms in total. The van der Waals surface area contributed by atoms with Gasteiger partial charge in [-0.2, -0.15) is 11.3 Å². The number of hydrogen-bond acceptors (Lipinski definition) is 25. The molecule has 0 fully saturated rings. The first-order valence-electron chi connectivity index (χ1n) is 32.3. The molecule has 9 aromatic rings. The second-order valence-corrected chi connectivity index (χ2v) is 31.4. The van der Waals surface area contributed by atoms with Crippen molar-refractivity contribution in [2.45, 2.75) is 19.3 Å². The minimum absolute atomic E-state index is 0.00294. The zero-order chi connectivity index (χ0) is 80.6. The Morgan fingerprint density at radius 3 is 1.05 bits per heavy atom. The maximum absolute atomic E-state index is 12.8. The Morgan fingerprint density at radius 2 is 0.673 bits per heavy atom. The van der Waals surface area contributed by atoms with Crippen molar-refractivity contribution in [2.75, 3.05) is 26.4 Å². The van der Waals surface area contributed by atoms with Crippen LogP contribution in [-0.2, 0) is 36.8 Å². The van der Waals surface area contributed by atoms with Crippen molar-refractivity contribution in [1.29, 1.82) is 0 Å². The molecule has 35 heteroatoms. The first-order valence-corrected chi connectivity index (χ1v) is 39.6. The Hall–Kier alpha value is -9.77. The van der Waals surface area contributed by atoms with Crippen LogP contribution in [0.4, 0.5) is 0 Å². The van der Waals surface area contributed by atoms with Gasteiger partial charge in [0.15, 0.2) is 69.2 Å². The van der Waals surface area contributed by atoms with Crippen molar-refractivity contribution in [3.63, 3.8) is 0 Å². The van der Waals surface area contributed by atoms with E-state index in [-0.39, 0.29) is 125 Å². The number of furan rings is 5. The standard InChI is InChI=1S/C17H8Br2O6.C17H8Br2O5.C17H8Cl2O5.C14H6Cl2O4.C13H4Br2O4S/c18-12-13(19)17-11(15(21)16(12)22)8(6-25-17)14(20)7-1-2-9-10(5-7)24-4-3-23-9;2*18-12-13(19)17-11(15(21)16(12)22)9(6-24-17)14(20)8-1-2-10-7(5-8)3-4-23-10;15-9-10(16)14-8(12(18)13(9)19)7(5-20-14)11(17)6-3-1-2-4-6;14-8-9(15)13-7(11(17)12(8)18)6(3-19-13)10(16)5-1-2-20-4-5/h1-2,5-6H,3-4H2;2*1-2,5-6H,3-4H2;1,3-5H,2H2;1-4H. The molecule has 6 aliphatic carbocycles. The number of rotatable bonds is 10. The summed E-state index contributed by atoms with van der Waals surface area (Å²) in [6.07, 6.45) is 13.2. The Balaban J connectivity index is 0.000000117. The molecule has 0 atom stereocenters. The van der Waals surface area contributed by atoms with Crippen LogP contribution >= 0.6 is 153 Å². The van der Waals surface area contributed by atoms with E-state index in [0.29, 0.717) is 92.0 Å². The number of ketones is 15. The molecule has 0 saturated carbocycles. The average molecular weight is 2010 g/mol. The summed E-state index contributed by atoms with van der Waals surface area (Å²) in [4.78, 5) is 183. The van der Waals surface area contributed by atoms with Gasteiger partial charge in [0, 0.05) is 46.0 Å². The van der Waals surface area contributed by atoms with Crippen molar-refractivity contribution in [1.82, 2.24) is 0 Å². The van der Waals surface area contributed by atoms with E-state index in [1.807, 2.05) is 6.08 Å². The minimum Gasteiger partial charge on any atom is -0.493 e. The van der Waals surface area contributed by atoms with E-state index in [2.05, 4.69) is 95.6 Å². The number of allylic oxidation sites excluding steroid dienone is 9. The van der Waals surface area contributed by atoms with Crippen LogP contribution in [0.2, 0.25) is 0 Å². The van der Waals surface area contributed by atoms with Gasteiger partial charge in [-0.1, -0.05) is 64.6 Å². The van der Waals surface area contributed by atoms with E-state index >= 15 is 0 Å². The molecule has 3 aromatic carbocycles. The van der Waals surface area contributed by atoms with Crippen LogP contribution in [0.15, 0.2) is 172 Å². The van der Waals surface area contributed by atoms with Crippen molar-refractivity contribution in [2.24, 2.45) is 0 Å². The van der Waals surface area contributed by atoms with Crippen molar-refractivity contribution in [3.05, 3.63) is 268 Å². The number of thiophene rings is 1. The molecule has 0 amide bonds. The zero-order valence-electron chi connectivity index (χ0n) is 56.0. The predicted octanol–water partition coefficient (Wildman–Crippen LogP) is 17.6. The predicted molar refractivity (Wildman–Crippen MR) is 425 cm³/mol. The summed E-state index contributed by atoms with van der Waals surface area (Å²) in [7, 11) is 0. The lowest BCUT2D eigenvalue weighted by atomic mass is 9.93. The third-order valence-corrected chi connectivity index (χ3v) is 26.3. The van der Waals surface area contributed by atoms with Crippen molar-refractivity contribution >= 4 is 264 Å². The molecule has 9 aliphatic rings. The van der Waals surface area contributed by atoms with Gasteiger partial charge in [0.05, 0.1) is 95.7 Å². The molecule has 0 N–H and O–H groups in total. The van der Waals surface area contributed by atoms with Crippen molar-refractivity contribution < 1.29 is 113 Å². The molecule has 566 valence electrons. The third-order valence-electron chi connectivity index (χ3n) is 17.8. The van der Waals surface area contributed by atoms with E-state index in [1.165, 1.54) is 30.1 Å². The van der Waals surface area contributed by atoms with E-state index in [0.717, 1.165) is 41.6 Å². The van der Waals surface area contributed by atoms with Crippen LogP contribution in [-0.4, -0.2) is 113 Å². The second-order valence-electron chi connectivity index (χ2n) is 24.4. The molecule has 0 unspecified atom stereocenters. The van der Waals surface area contributed by atoms with Crippen LogP contribution in [0.5, 0.6) is 23.0 Å². The van der Waals surface area contributed by atoms with Crippen LogP contribution in [0, 0.1) is 0 Å². The molecule has 0 radical (unpaired) electrons. The first kappa shape index (κ1) is 79.9. The lowest BCUT2D eigenvalue weighted by Crippen LogP contribution is -2.22. The highest BCUT2D eigenvalue weighted by molar-refractivity contribution is 9.17. The monoisotopic (exact) mass is 2000 g/mol. The SMILES string of the molecule is O=C1C(=O)c2c(C(=O)C3=CCC=C3)coc2C(Cl)=C1Cl.O=C1C(=O)c2c(C(=O)c3ccc4c(c3)CCO4)coc2C(Br)=C1Br.O=C1C(=O)c2c(C(=O)c3ccc4c(c3)CCO4)coc2C(Cl)=C1Cl.O=C1C(=O)c2c(C(=O)c3ccc4c(c3)OCCO4)coc2C(Br)=C1Br.O=C1C(=O)c2c(C(=O)c3ccsc3)coc2C(Br)=C1Br. The number of hydrogen-bond donors (Lipinski definition) is 0. The smallest absolute Gasteiger partial charge is 0.246 e. The largest absolute Gasteiger partial charge is 0.493 e. The van der Waals surface area contributed by atoms with Gasteiger partial charge < -0.3 is 41.0 Å². The maximum Gasteiger partial charge on any atom is 0.246 e. The summed E-state index contributed by atoms with van der Waals surface area (Å²) in [5.41, 5.74) is 3.83. The van der Waals surface area contributed by atoms with Gasteiger partial charge in [-0.3, -0.25) is 71.9 Å². The fourth-order valence-corrected chi connectivity index (χ4v) is 16.2. The van der Waals surface area contributed by atoms with Gasteiger partial charge in [0.25, 0.3) is 0 Å². The Kier molecular flexibility index (Phi) is 22.8. The van der Waals surface area contributed by atoms with E-state index in [4.69, 9.17) is 87.4 Å². The topological polar surface area (TPSA) is 359 Å². The molecule has 0 saturated heterocycles. The van der Waals surface area contributed by atoms with Gasteiger partial charge in [-0.05, 0) is 179 Å². The van der Waals surface area contributed by atoms with E-state index in [1.54, 1.807) is 83.6 Å². The second kappa shape index (κ2) is 32.3. The van der Waals surface area contributed by atoms with Crippen LogP contribution in [0.25, 0.3) is 23.5 Å². The molecule has 18 rings (SSSR count). The summed E-state index contributed by atoms with van der Waals surface area (Å²) in [6, 6.07) is 16.6. The summed E-state index contributed by atoms with van der Waals surface area (Å²) >= 11 is 43.4. The highest BCUT2D eigenvalue weighted by Gasteiger charge is 2.44. The van der Waals surface area contributed by atoms with Gasteiger partial charge in [0.2, 0.25) is 57.8 Å². The van der Waals surface area contributed by atoms with Gasteiger partial charge in [-0.25, -0.2) is 0 Å². The fraction of sp³-hybridized carbons (Fsp3) is 0.0897. The summed E-state index contributed by atoms with van der Waals surface area (Å²) in [6.45, 7) is 2.00. The molecular formula is C78H34Br6Cl4O24S. The number of benzene rings is 3. The zero-order valence-corrected chi connectivity index (χ0v) is 69.3. The lowest BCUT2D eigenvalue weighted by Gasteiger charge is -2.18. The summed E-state index contributed by atoms with van der Waals surface area (Å²) in [5, 5.41) is 2.32. The highest BCUT2D eigenvalue weighted by Crippen LogP contribution is 2.46. The molecule has 6 aromatic heterocycles. The number of carbonyl (C=O) groups is 15. The molecule has 0 bridgehead atoms. The van der Waals surface area contributed by atoms with Gasteiger partial charge in [0.1, 0.15) is 76.2 Å². The number of fused-ring (bicyclic) bond motifs is 8. The minimum atomic E-state index is -0.952. The Morgan fingerprint density at radius 1 is 0.336 bits per heavy atom. The summed E-state index contributed by atoms with van der Waals surface area (Å²) < 4.78 is 49.3. The average Bonchev–Trinajstić information content (AvgIpc) is 1.70. The Labute approximate surface area is 706 Å². The molecule has 3 aliphatic heterocycles. The number of Topliss-reactive ketones (excluding diaryl/α,β-unsaturated/α-hetero) is 11. The van der Waals surface area contributed by atoms with E-state index in [9.17, 15) is 71.9 Å². The number of carbonyl (C=O) groups excluding carboxylic acids is 15. The van der Waals surface area contributed by atoms with Gasteiger partial charge >= 0.3 is 0 Å². The molecular weight excluding hydrogens is 1970 g/mol. The van der Waals surface area contributed by atoms with Gasteiger partial charge in [-0.15, -0.1) is 0 Å². The highest BCUT2D eigenvalue weighted by atomic mass is 79.9. The fourth-order valence-electron chi connectivity index (χ4n) is 12.3. The Bertz CT molecular complexity index is 6030. The molecule has 113 heavy (non-hydrogen) atoms. The molecule has 0 spiro atoms. The quantitative estimate of drug-likeness (QED) is 0.0906.